The fraction of sp³-hybridized carbons (Fsp3) is 0.588. The topological polar surface area (TPSA) is 58.4 Å². The van der Waals surface area contributed by atoms with Gasteiger partial charge in [-0.1, -0.05) is 31.9 Å². The second-order valence-electron chi connectivity index (χ2n) is 6.08. The normalized spacial score (nSPS) is 19.1. The molecule has 0 unspecified atom stereocenters. The smallest absolute Gasteiger partial charge is 0.255 e. The van der Waals surface area contributed by atoms with Crippen LogP contribution in [0.5, 0.6) is 0 Å². The third kappa shape index (κ3) is 3.56. The van der Waals surface area contributed by atoms with Crippen LogP contribution >= 0.6 is 0 Å². The highest BCUT2D eigenvalue weighted by Crippen LogP contribution is 2.30. The van der Waals surface area contributed by atoms with Crippen LogP contribution in [0.3, 0.4) is 0 Å². The monoisotopic (exact) mass is 289 g/mol. The number of anilines is 1. The van der Waals surface area contributed by atoms with Gasteiger partial charge < -0.3 is 16.0 Å². The number of amides is 1. The Labute approximate surface area is 127 Å². The molecule has 0 bridgehead atoms. The van der Waals surface area contributed by atoms with Gasteiger partial charge in [-0.15, -0.1) is 0 Å². The van der Waals surface area contributed by atoms with Crippen LogP contribution < -0.4 is 16.0 Å². The first-order valence-corrected chi connectivity index (χ1v) is 7.97. The van der Waals surface area contributed by atoms with E-state index < -0.39 is 0 Å². The number of benzene rings is 1. The first-order valence-electron chi connectivity index (χ1n) is 7.97. The lowest BCUT2D eigenvalue weighted by molar-refractivity contribution is 0.0922. The summed E-state index contributed by atoms with van der Waals surface area (Å²) < 4.78 is 0. The Bertz CT molecular complexity index is 499. The summed E-state index contributed by atoms with van der Waals surface area (Å²) in [5, 5.41) is 3.16. The molecule has 1 heterocycles. The summed E-state index contributed by atoms with van der Waals surface area (Å²) in [4.78, 5) is 14.7. The Morgan fingerprint density at radius 1 is 1.38 bits per heavy atom. The molecule has 2 atom stereocenters. The number of rotatable bonds is 6. The highest BCUT2D eigenvalue weighted by molar-refractivity contribution is 6.03. The molecule has 1 aromatic rings. The Hall–Kier alpha value is -1.55. The molecule has 0 aromatic heterocycles. The Kier molecular flexibility index (Phi) is 5.23. The van der Waals surface area contributed by atoms with E-state index >= 15 is 0 Å². The van der Waals surface area contributed by atoms with Crippen LogP contribution in [0, 0.1) is 6.92 Å². The van der Waals surface area contributed by atoms with Crippen molar-refractivity contribution in [1.82, 2.24) is 5.32 Å². The van der Waals surface area contributed by atoms with Crippen molar-refractivity contribution in [3.05, 3.63) is 29.3 Å². The summed E-state index contributed by atoms with van der Waals surface area (Å²) >= 11 is 0. The zero-order valence-corrected chi connectivity index (χ0v) is 13.4. The van der Waals surface area contributed by atoms with Gasteiger partial charge in [0.25, 0.3) is 5.91 Å². The van der Waals surface area contributed by atoms with E-state index in [-0.39, 0.29) is 18.1 Å². The number of nitrogens with one attached hydrogen (secondary N) is 1. The molecule has 0 aliphatic carbocycles. The van der Waals surface area contributed by atoms with Crippen LogP contribution in [0.15, 0.2) is 18.2 Å². The first-order chi connectivity index (χ1) is 10.0. The molecule has 0 spiro atoms. The Balaban J connectivity index is 2.29. The van der Waals surface area contributed by atoms with E-state index in [2.05, 4.69) is 17.1 Å². The van der Waals surface area contributed by atoms with E-state index in [4.69, 9.17) is 5.73 Å². The van der Waals surface area contributed by atoms with Crippen molar-refractivity contribution >= 4 is 11.6 Å². The van der Waals surface area contributed by atoms with E-state index in [0.717, 1.165) is 36.2 Å². The molecule has 116 valence electrons. The van der Waals surface area contributed by atoms with Gasteiger partial charge in [-0.2, -0.15) is 0 Å². The molecular weight excluding hydrogens is 262 g/mol. The average Bonchev–Trinajstić information content (AvgIpc) is 2.42. The summed E-state index contributed by atoms with van der Waals surface area (Å²) in [5.41, 5.74) is 8.86. The maximum atomic E-state index is 12.4. The highest BCUT2D eigenvalue weighted by atomic mass is 16.2. The van der Waals surface area contributed by atoms with Crippen LogP contribution in [-0.2, 0) is 0 Å². The molecule has 0 saturated carbocycles. The van der Waals surface area contributed by atoms with Crippen molar-refractivity contribution in [1.29, 1.82) is 0 Å². The van der Waals surface area contributed by atoms with Gasteiger partial charge >= 0.3 is 0 Å². The number of unbranched alkanes of at least 4 members (excludes halogenated alkanes) is 2. The van der Waals surface area contributed by atoms with Gasteiger partial charge in [0.1, 0.15) is 6.17 Å². The second-order valence-corrected chi connectivity index (χ2v) is 6.08. The maximum absolute atomic E-state index is 12.4. The number of nitrogens with zero attached hydrogens (tertiary/aromatic N) is 1. The molecule has 1 aliphatic rings. The summed E-state index contributed by atoms with van der Waals surface area (Å²) in [7, 11) is 0. The predicted octanol–water partition coefficient (Wildman–Crippen LogP) is 2.80. The van der Waals surface area contributed by atoms with Crippen molar-refractivity contribution < 1.29 is 4.79 Å². The quantitative estimate of drug-likeness (QED) is 0.792. The summed E-state index contributed by atoms with van der Waals surface area (Å²) in [6.45, 7) is 6.94. The number of aryl methyl sites for hydroxylation is 1. The van der Waals surface area contributed by atoms with Gasteiger partial charge in [-0.3, -0.25) is 4.79 Å². The lowest BCUT2D eigenvalue weighted by atomic mass is 9.99. The fourth-order valence-electron chi connectivity index (χ4n) is 3.01. The molecule has 0 fully saturated rings. The third-order valence-corrected chi connectivity index (χ3v) is 4.03. The van der Waals surface area contributed by atoms with Crippen LogP contribution in [0.4, 0.5) is 5.69 Å². The van der Waals surface area contributed by atoms with Crippen LogP contribution in [-0.4, -0.2) is 24.7 Å². The van der Waals surface area contributed by atoms with Gasteiger partial charge in [-0.05, 0) is 38.3 Å². The molecule has 2 rings (SSSR count). The number of nitrogens with two attached hydrogens (primary N) is 1. The SMILES string of the molecule is CCCCC[C@H]1NC(=O)c2c(C)cccc2N1C[C@@H](C)N. The van der Waals surface area contributed by atoms with Crippen LogP contribution in [0.1, 0.15) is 55.5 Å². The van der Waals surface area contributed by atoms with Crippen molar-refractivity contribution in [2.24, 2.45) is 5.73 Å². The molecule has 1 amide bonds. The van der Waals surface area contributed by atoms with Crippen molar-refractivity contribution in [3.63, 3.8) is 0 Å². The number of carbonyl (C=O) groups is 1. The molecule has 0 saturated heterocycles. The van der Waals surface area contributed by atoms with Gasteiger partial charge in [0.15, 0.2) is 0 Å². The van der Waals surface area contributed by atoms with Crippen LogP contribution in [0.25, 0.3) is 0 Å². The van der Waals surface area contributed by atoms with Crippen molar-refractivity contribution in [2.75, 3.05) is 11.4 Å². The van der Waals surface area contributed by atoms with Crippen molar-refractivity contribution in [2.45, 2.75) is 58.7 Å². The van der Waals surface area contributed by atoms with Gasteiger partial charge in [-0.25, -0.2) is 0 Å². The fourth-order valence-corrected chi connectivity index (χ4v) is 3.01. The minimum Gasteiger partial charge on any atom is -0.349 e. The molecular formula is C17H27N3O. The van der Waals surface area contributed by atoms with Crippen LogP contribution in [0.2, 0.25) is 0 Å². The maximum Gasteiger partial charge on any atom is 0.255 e. The standard InChI is InChI=1S/C17H27N3O/c1-4-5-6-10-15-19-17(21)16-12(2)8-7-9-14(16)20(15)11-13(3)18/h7-9,13,15H,4-6,10-11,18H2,1-3H3,(H,19,21)/t13-,15+/m1/s1. The number of hydrogen-bond acceptors (Lipinski definition) is 3. The Morgan fingerprint density at radius 2 is 2.14 bits per heavy atom. The number of fused-ring (bicyclic) bond motifs is 1. The molecule has 1 aromatic carbocycles. The van der Waals surface area contributed by atoms with Gasteiger partial charge in [0.05, 0.1) is 11.3 Å². The zero-order chi connectivity index (χ0) is 15.4. The number of carbonyl (C=O) groups excluding carboxylic acids is 1. The predicted molar refractivity (Wildman–Crippen MR) is 87.6 cm³/mol. The molecule has 3 N–H and O–H groups in total. The van der Waals surface area contributed by atoms with E-state index in [9.17, 15) is 4.79 Å². The second kappa shape index (κ2) is 6.94. The Morgan fingerprint density at radius 3 is 2.81 bits per heavy atom. The highest BCUT2D eigenvalue weighted by Gasteiger charge is 2.31. The summed E-state index contributed by atoms with van der Waals surface area (Å²) in [6.07, 6.45) is 4.53. The van der Waals surface area contributed by atoms with E-state index in [0.29, 0.717) is 0 Å². The molecule has 4 heteroatoms. The average molecular weight is 289 g/mol. The molecule has 21 heavy (non-hydrogen) atoms. The largest absolute Gasteiger partial charge is 0.349 e. The van der Waals surface area contributed by atoms with E-state index in [1.54, 1.807) is 0 Å². The summed E-state index contributed by atoms with van der Waals surface area (Å²) in [6, 6.07) is 6.11. The van der Waals surface area contributed by atoms with E-state index in [1.165, 1.54) is 12.8 Å². The van der Waals surface area contributed by atoms with Crippen molar-refractivity contribution in [3.8, 4) is 0 Å². The lowest BCUT2D eigenvalue weighted by Gasteiger charge is -2.40. The number of hydrogen-bond donors (Lipinski definition) is 2. The molecule has 1 aliphatic heterocycles. The first kappa shape index (κ1) is 15.8. The minimum absolute atomic E-state index is 0.0468. The summed E-state index contributed by atoms with van der Waals surface area (Å²) in [5.74, 6) is 0.0468. The third-order valence-electron chi connectivity index (χ3n) is 4.03. The molecule has 0 radical (unpaired) electrons. The van der Waals surface area contributed by atoms with E-state index in [1.807, 2.05) is 32.0 Å². The van der Waals surface area contributed by atoms with Gasteiger partial charge in [0, 0.05) is 12.6 Å². The lowest BCUT2D eigenvalue weighted by Crippen LogP contribution is -2.55. The van der Waals surface area contributed by atoms with Gasteiger partial charge in [0.2, 0.25) is 0 Å². The minimum atomic E-state index is 0.0468. The molecule has 4 nitrogen and oxygen atoms in total. The zero-order valence-electron chi connectivity index (χ0n) is 13.4.